The molecule has 0 bridgehead atoms. The van der Waals surface area contributed by atoms with Gasteiger partial charge >= 0.3 is 0 Å². The van der Waals surface area contributed by atoms with E-state index in [0.29, 0.717) is 16.7 Å². The van der Waals surface area contributed by atoms with E-state index in [1.165, 1.54) is 6.07 Å². The summed E-state index contributed by atoms with van der Waals surface area (Å²) in [6.07, 6.45) is 5.21. The monoisotopic (exact) mass is 339 g/mol. The first-order valence-corrected chi connectivity index (χ1v) is 6.96. The number of nitrogens with zero attached hydrogens (tertiary/aromatic N) is 4. The van der Waals surface area contributed by atoms with Gasteiger partial charge in [-0.25, -0.2) is 0 Å². The zero-order chi connectivity index (χ0) is 14.4. The predicted molar refractivity (Wildman–Crippen MR) is 78.5 cm³/mol. The summed E-state index contributed by atoms with van der Waals surface area (Å²) in [5.41, 5.74) is 0.626. The maximum atomic E-state index is 10.9. The molecule has 1 aromatic carbocycles. The molecule has 0 unspecified atom stereocenters. The second-order valence-corrected chi connectivity index (χ2v) is 5.17. The molecular weight excluding hydrogens is 326 g/mol. The number of aryl methyl sites for hydroxylation is 1. The van der Waals surface area contributed by atoms with Crippen molar-refractivity contribution in [3.8, 4) is 0 Å². The number of hydrogen-bond donors (Lipinski definition) is 1. The molecule has 2 rings (SSSR count). The maximum absolute atomic E-state index is 10.9. The second kappa shape index (κ2) is 6.99. The fraction of sp³-hybridized carbons (Fsp3) is 0.333. The van der Waals surface area contributed by atoms with Crippen molar-refractivity contribution in [2.24, 2.45) is 0 Å². The van der Waals surface area contributed by atoms with Crippen LogP contribution in [0.5, 0.6) is 0 Å². The molecule has 0 fully saturated rings. The summed E-state index contributed by atoms with van der Waals surface area (Å²) in [4.78, 5) is 10.6. The summed E-state index contributed by atoms with van der Waals surface area (Å²) in [7, 11) is 0. The third-order valence-electron chi connectivity index (χ3n) is 2.78. The number of aromatic nitrogens is 3. The molecule has 0 atom stereocenters. The normalized spacial score (nSPS) is 10.4. The molecule has 1 aromatic heterocycles. The van der Waals surface area contributed by atoms with Crippen LogP contribution in [0.15, 0.2) is 35.3 Å². The van der Waals surface area contributed by atoms with Gasteiger partial charge in [-0.3, -0.25) is 10.1 Å². The summed E-state index contributed by atoms with van der Waals surface area (Å²) in [6, 6.07) is 4.99. The number of rotatable bonds is 7. The quantitative estimate of drug-likeness (QED) is 0.476. The van der Waals surface area contributed by atoms with Gasteiger partial charge in [0, 0.05) is 23.6 Å². The van der Waals surface area contributed by atoms with Gasteiger partial charge < -0.3 is 9.88 Å². The molecule has 0 saturated carbocycles. The lowest BCUT2D eigenvalue weighted by molar-refractivity contribution is -0.384. The Balaban J connectivity index is 1.80. The number of unbranched alkanes of at least 4 members (excludes halogenated alkanes) is 1. The second-order valence-electron chi connectivity index (χ2n) is 4.25. The van der Waals surface area contributed by atoms with Crippen molar-refractivity contribution < 1.29 is 4.92 Å². The number of benzene rings is 1. The summed E-state index contributed by atoms with van der Waals surface area (Å²) in [6.45, 7) is 1.53. The molecule has 20 heavy (non-hydrogen) atoms. The molecule has 0 aliphatic rings. The van der Waals surface area contributed by atoms with E-state index in [2.05, 4.69) is 31.4 Å². The van der Waals surface area contributed by atoms with Crippen molar-refractivity contribution in [2.75, 3.05) is 11.9 Å². The molecule has 0 spiro atoms. The summed E-state index contributed by atoms with van der Waals surface area (Å²) in [5.74, 6) is 0. The summed E-state index contributed by atoms with van der Waals surface area (Å²) in [5, 5.41) is 21.5. The van der Waals surface area contributed by atoms with Crippen molar-refractivity contribution in [1.82, 2.24) is 14.8 Å². The van der Waals surface area contributed by atoms with Crippen LogP contribution in [-0.2, 0) is 6.54 Å². The Labute approximate surface area is 124 Å². The lowest BCUT2D eigenvalue weighted by atomic mass is 10.2. The van der Waals surface area contributed by atoms with Gasteiger partial charge in [0.25, 0.3) is 5.69 Å². The van der Waals surface area contributed by atoms with Crippen molar-refractivity contribution in [1.29, 1.82) is 0 Å². The first kappa shape index (κ1) is 14.4. The van der Waals surface area contributed by atoms with Gasteiger partial charge in [-0.05, 0) is 25.0 Å². The number of halogens is 1. The first-order chi connectivity index (χ1) is 9.66. The highest BCUT2D eigenvalue weighted by Gasteiger charge is 2.13. The maximum Gasteiger partial charge on any atom is 0.293 e. The minimum atomic E-state index is -0.385. The summed E-state index contributed by atoms with van der Waals surface area (Å²) >= 11 is 3.23. The average Bonchev–Trinajstić information content (AvgIpc) is 2.92. The van der Waals surface area contributed by atoms with Crippen LogP contribution in [0.4, 0.5) is 11.4 Å². The van der Waals surface area contributed by atoms with Crippen LogP contribution in [0.2, 0.25) is 0 Å². The van der Waals surface area contributed by atoms with Gasteiger partial charge in [0.15, 0.2) is 0 Å². The standard InChI is InChI=1S/C12H14BrN5O2/c13-10-3-4-11(12(7-10)18(19)20)14-5-1-2-6-17-8-15-16-9-17/h3-4,7-9,14H,1-2,5-6H2. The summed E-state index contributed by atoms with van der Waals surface area (Å²) < 4.78 is 2.60. The molecular formula is C12H14BrN5O2. The first-order valence-electron chi connectivity index (χ1n) is 6.17. The van der Waals surface area contributed by atoms with Crippen LogP contribution in [0.3, 0.4) is 0 Å². The van der Waals surface area contributed by atoms with Gasteiger partial charge in [-0.1, -0.05) is 15.9 Å². The predicted octanol–water partition coefficient (Wildman–Crippen LogP) is 2.84. The Morgan fingerprint density at radius 3 is 2.75 bits per heavy atom. The van der Waals surface area contributed by atoms with Gasteiger partial charge in [0.1, 0.15) is 18.3 Å². The van der Waals surface area contributed by atoms with E-state index in [0.717, 1.165) is 19.4 Å². The largest absolute Gasteiger partial charge is 0.379 e. The third kappa shape index (κ3) is 4.02. The van der Waals surface area contributed by atoms with Crippen molar-refractivity contribution in [3.05, 3.63) is 45.4 Å². The number of nitrogens with one attached hydrogen (secondary N) is 1. The Morgan fingerprint density at radius 1 is 1.30 bits per heavy atom. The van der Waals surface area contributed by atoms with Gasteiger partial charge in [0.2, 0.25) is 0 Å². The van der Waals surface area contributed by atoms with Crippen molar-refractivity contribution >= 4 is 27.3 Å². The molecule has 1 N–H and O–H groups in total. The number of nitro groups is 1. The van der Waals surface area contributed by atoms with E-state index in [9.17, 15) is 10.1 Å². The van der Waals surface area contributed by atoms with Crippen LogP contribution in [0, 0.1) is 10.1 Å². The zero-order valence-corrected chi connectivity index (χ0v) is 12.3. The smallest absolute Gasteiger partial charge is 0.293 e. The van der Waals surface area contributed by atoms with E-state index >= 15 is 0 Å². The lowest BCUT2D eigenvalue weighted by Gasteiger charge is -2.07. The minimum Gasteiger partial charge on any atom is -0.379 e. The van der Waals surface area contributed by atoms with E-state index in [1.54, 1.807) is 24.8 Å². The Morgan fingerprint density at radius 2 is 2.05 bits per heavy atom. The van der Waals surface area contributed by atoms with Gasteiger partial charge in [0.05, 0.1) is 4.92 Å². The molecule has 1 heterocycles. The van der Waals surface area contributed by atoms with Crippen molar-refractivity contribution in [2.45, 2.75) is 19.4 Å². The Bertz CT molecular complexity index is 573. The number of anilines is 1. The van der Waals surface area contributed by atoms with E-state index in [4.69, 9.17) is 0 Å². The lowest BCUT2D eigenvalue weighted by Crippen LogP contribution is -2.05. The highest BCUT2D eigenvalue weighted by Crippen LogP contribution is 2.27. The molecule has 106 valence electrons. The van der Waals surface area contributed by atoms with Crippen LogP contribution >= 0.6 is 15.9 Å². The van der Waals surface area contributed by atoms with Gasteiger partial charge in [-0.2, -0.15) is 0 Å². The van der Waals surface area contributed by atoms with E-state index in [-0.39, 0.29) is 10.6 Å². The number of hydrogen-bond acceptors (Lipinski definition) is 5. The highest BCUT2D eigenvalue weighted by molar-refractivity contribution is 9.10. The van der Waals surface area contributed by atoms with Crippen LogP contribution < -0.4 is 5.32 Å². The Hall–Kier alpha value is -1.96. The fourth-order valence-electron chi connectivity index (χ4n) is 1.79. The van der Waals surface area contributed by atoms with E-state index < -0.39 is 0 Å². The van der Waals surface area contributed by atoms with Crippen molar-refractivity contribution in [3.63, 3.8) is 0 Å². The molecule has 0 aliphatic carbocycles. The zero-order valence-electron chi connectivity index (χ0n) is 10.7. The fourth-order valence-corrected chi connectivity index (χ4v) is 2.13. The molecule has 2 aromatic rings. The number of nitro benzene ring substituents is 1. The Kier molecular flexibility index (Phi) is 5.05. The van der Waals surface area contributed by atoms with E-state index in [1.807, 2.05) is 4.57 Å². The molecule has 8 heteroatoms. The SMILES string of the molecule is O=[N+]([O-])c1cc(Br)ccc1NCCCCn1cnnc1. The third-order valence-corrected chi connectivity index (χ3v) is 3.27. The molecule has 0 amide bonds. The molecule has 7 nitrogen and oxygen atoms in total. The molecule has 0 aliphatic heterocycles. The average molecular weight is 340 g/mol. The molecule has 0 saturated heterocycles. The topological polar surface area (TPSA) is 85.9 Å². The van der Waals surface area contributed by atoms with Crippen LogP contribution in [-0.4, -0.2) is 26.2 Å². The minimum absolute atomic E-state index is 0.0817. The van der Waals surface area contributed by atoms with Crippen LogP contribution in [0.1, 0.15) is 12.8 Å². The van der Waals surface area contributed by atoms with Crippen LogP contribution in [0.25, 0.3) is 0 Å². The highest BCUT2D eigenvalue weighted by atomic mass is 79.9. The van der Waals surface area contributed by atoms with Gasteiger partial charge in [-0.15, -0.1) is 10.2 Å². The molecule has 0 radical (unpaired) electrons.